The average molecular weight is 358 g/mol. The Morgan fingerprint density at radius 3 is 2.85 bits per heavy atom. The molecule has 0 bridgehead atoms. The van der Waals surface area contributed by atoms with E-state index in [1.54, 1.807) is 23.5 Å². The second-order valence-electron chi connectivity index (χ2n) is 4.69. The number of likely N-dealkylation sites (N-methyl/N-ethyl adjacent to an activating group) is 1. The molecule has 2 aromatic rings. The van der Waals surface area contributed by atoms with E-state index in [0.717, 1.165) is 10.2 Å². The zero-order chi connectivity index (χ0) is 14.7. The summed E-state index contributed by atoms with van der Waals surface area (Å²) in [6.07, 6.45) is 0. The number of halogens is 2. The van der Waals surface area contributed by atoms with Gasteiger partial charge in [0, 0.05) is 28.0 Å². The smallest absolute Gasteiger partial charge is 0.128 e. The van der Waals surface area contributed by atoms with Crippen molar-refractivity contribution in [3.8, 4) is 0 Å². The Balaban J connectivity index is 2.23. The van der Waals surface area contributed by atoms with Gasteiger partial charge in [-0.15, -0.1) is 11.3 Å². The summed E-state index contributed by atoms with van der Waals surface area (Å²) < 4.78 is 14.9. The van der Waals surface area contributed by atoms with Crippen LogP contribution in [0, 0.1) is 12.7 Å². The van der Waals surface area contributed by atoms with Crippen LogP contribution >= 0.6 is 27.3 Å². The molecule has 0 amide bonds. The van der Waals surface area contributed by atoms with Gasteiger partial charge in [0.05, 0.1) is 17.2 Å². The summed E-state index contributed by atoms with van der Waals surface area (Å²) in [5, 5.41) is 0. The maximum atomic E-state index is 14.0. The molecule has 2 N–H and O–H groups in total. The highest BCUT2D eigenvalue weighted by atomic mass is 79.9. The summed E-state index contributed by atoms with van der Waals surface area (Å²) in [5.41, 5.74) is 9.32. The van der Waals surface area contributed by atoms with Crippen molar-refractivity contribution in [2.75, 3.05) is 13.6 Å². The van der Waals surface area contributed by atoms with Gasteiger partial charge in [0.15, 0.2) is 0 Å². The molecule has 0 saturated heterocycles. The van der Waals surface area contributed by atoms with Crippen LogP contribution in [0.15, 0.2) is 28.2 Å². The van der Waals surface area contributed by atoms with E-state index < -0.39 is 0 Å². The number of nitrogens with zero attached hydrogens (tertiary/aromatic N) is 2. The molecule has 20 heavy (non-hydrogen) atoms. The highest BCUT2D eigenvalue weighted by Crippen LogP contribution is 2.27. The Hall–Kier alpha value is -0.820. The van der Waals surface area contributed by atoms with Gasteiger partial charge in [-0.1, -0.05) is 15.9 Å². The fourth-order valence-electron chi connectivity index (χ4n) is 2.13. The molecule has 1 unspecified atom stereocenters. The molecule has 0 aliphatic heterocycles. The molecule has 0 aliphatic carbocycles. The molecule has 2 rings (SSSR count). The van der Waals surface area contributed by atoms with Gasteiger partial charge < -0.3 is 5.73 Å². The Kier molecular flexibility index (Phi) is 5.26. The molecule has 1 aromatic carbocycles. The third kappa shape index (κ3) is 3.44. The number of nitrogens with two attached hydrogens (primary N) is 1. The van der Waals surface area contributed by atoms with Crippen molar-refractivity contribution in [1.82, 2.24) is 9.88 Å². The molecule has 0 spiro atoms. The monoisotopic (exact) mass is 357 g/mol. The summed E-state index contributed by atoms with van der Waals surface area (Å²) in [5.74, 6) is -0.225. The topological polar surface area (TPSA) is 42.2 Å². The average Bonchev–Trinajstić information content (AvgIpc) is 2.80. The Labute approximate surface area is 130 Å². The molecular formula is C14H17BrFN3S. The van der Waals surface area contributed by atoms with Crippen LogP contribution < -0.4 is 5.73 Å². The van der Waals surface area contributed by atoms with Crippen molar-refractivity contribution in [2.24, 2.45) is 5.73 Å². The van der Waals surface area contributed by atoms with Crippen molar-refractivity contribution in [2.45, 2.75) is 19.5 Å². The number of aromatic nitrogens is 1. The minimum Gasteiger partial charge on any atom is -0.329 e. The standard InChI is InChI=1S/C14H17BrFN3S/c1-9-14(20-8-18-9)7-19(2)13(6-17)11-5-10(15)3-4-12(11)16/h3-5,8,13H,6-7,17H2,1-2H3. The number of benzene rings is 1. The van der Waals surface area contributed by atoms with E-state index in [-0.39, 0.29) is 11.9 Å². The lowest BCUT2D eigenvalue weighted by Crippen LogP contribution is -2.30. The summed E-state index contributed by atoms with van der Waals surface area (Å²) in [6, 6.07) is 4.80. The van der Waals surface area contributed by atoms with Crippen molar-refractivity contribution in [1.29, 1.82) is 0 Å². The molecule has 6 heteroatoms. The minimum absolute atomic E-state index is 0.158. The molecule has 0 saturated carbocycles. The SMILES string of the molecule is Cc1ncsc1CN(C)C(CN)c1cc(Br)ccc1F. The molecule has 0 aliphatic rings. The van der Waals surface area contributed by atoms with Crippen molar-refractivity contribution < 1.29 is 4.39 Å². The van der Waals surface area contributed by atoms with Gasteiger partial charge in [0.25, 0.3) is 0 Å². The van der Waals surface area contributed by atoms with Crippen LogP contribution in [-0.2, 0) is 6.54 Å². The largest absolute Gasteiger partial charge is 0.329 e. The maximum Gasteiger partial charge on any atom is 0.128 e. The van der Waals surface area contributed by atoms with Crippen LogP contribution in [0.5, 0.6) is 0 Å². The Morgan fingerprint density at radius 2 is 2.25 bits per heavy atom. The Morgan fingerprint density at radius 1 is 1.50 bits per heavy atom. The molecule has 0 fully saturated rings. The zero-order valence-corrected chi connectivity index (χ0v) is 13.8. The summed E-state index contributed by atoms with van der Waals surface area (Å²) in [7, 11) is 1.96. The van der Waals surface area contributed by atoms with Crippen molar-refractivity contribution in [3.63, 3.8) is 0 Å². The third-order valence-corrected chi connectivity index (χ3v) is 4.72. The number of rotatable bonds is 5. The lowest BCUT2D eigenvalue weighted by atomic mass is 10.0. The van der Waals surface area contributed by atoms with E-state index in [2.05, 4.69) is 25.8 Å². The summed E-state index contributed by atoms with van der Waals surface area (Å²) in [6.45, 7) is 3.06. The first kappa shape index (κ1) is 15.6. The molecular weight excluding hydrogens is 341 g/mol. The first-order chi connectivity index (χ1) is 9.52. The number of hydrogen-bond acceptors (Lipinski definition) is 4. The van der Waals surface area contributed by atoms with E-state index in [4.69, 9.17) is 5.73 Å². The van der Waals surface area contributed by atoms with Gasteiger partial charge in [0.2, 0.25) is 0 Å². The number of thiazole rings is 1. The first-order valence-electron chi connectivity index (χ1n) is 6.27. The molecule has 1 aromatic heterocycles. The predicted octanol–water partition coefficient (Wildman–Crippen LogP) is 3.48. The van der Waals surface area contributed by atoms with E-state index >= 15 is 0 Å². The lowest BCUT2D eigenvalue weighted by Gasteiger charge is -2.27. The predicted molar refractivity (Wildman–Crippen MR) is 84.2 cm³/mol. The van der Waals surface area contributed by atoms with E-state index in [1.807, 2.05) is 19.5 Å². The Bertz CT molecular complexity index is 588. The fourth-order valence-corrected chi connectivity index (χ4v) is 3.35. The van der Waals surface area contributed by atoms with Gasteiger partial charge in [-0.2, -0.15) is 0 Å². The zero-order valence-electron chi connectivity index (χ0n) is 11.4. The van der Waals surface area contributed by atoms with E-state index in [9.17, 15) is 4.39 Å². The third-order valence-electron chi connectivity index (χ3n) is 3.31. The first-order valence-corrected chi connectivity index (χ1v) is 7.94. The normalized spacial score (nSPS) is 12.9. The van der Waals surface area contributed by atoms with Crippen LogP contribution in [0.1, 0.15) is 22.2 Å². The van der Waals surface area contributed by atoms with E-state index in [0.29, 0.717) is 18.7 Å². The van der Waals surface area contributed by atoms with Crippen LogP contribution in [0.4, 0.5) is 4.39 Å². The summed E-state index contributed by atoms with van der Waals surface area (Å²) in [4.78, 5) is 7.48. The van der Waals surface area contributed by atoms with Gasteiger partial charge in [-0.3, -0.25) is 4.90 Å². The minimum atomic E-state index is -0.225. The van der Waals surface area contributed by atoms with Crippen LogP contribution in [0.2, 0.25) is 0 Å². The molecule has 0 radical (unpaired) electrons. The van der Waals surface area contributed by atoms with Gasteiger partial charge >= 0.3 is 0 Å². The molecule has 108 valence electrons. The van der Waals surface area contributed by atoms with Crippen LogP contribution in [0.3, 0.4) is 0 Å². The quantitative estimate of drug-likeness (QED) is 0.890. The van der Waals surface area contributed by atoms with Crippen molar-refractivity contribution in [3.05, 3.63) is 50.1 Å². The van der Waals surface area contributed by atoms with Gasteiger partial charge in [-0.05, 0) is 32.2 Å². The second kappa shape index (κ2) is 6.76. The van der Waals surface area contributed by atoms with Crippen LogP contribution in [0.25, 0.3) is 0 Å². The maximum absolute atomic E-state index is 14.0. The number of hydrogen-bond donors (Lipinski definition) is 1. The number of aryl methyl sites for hydroxylation is 1. The highest BCUT2D eigenvalue weighted by Gasteiger charge is 2.20. The molecule has 1 atom stereocenters. The fraction of sp³-hybridized carbons (Fsp3) is 0.357. The lowest BCUT2D eigenvalue weighted by molar-refractivity contribution is 0.238. The van der Waals surface area contributed by atoms with Gasteiger partial charge in [-0.25, -0.2) is 9.37 Å². The molecule has 3 nitrogen and oxygen atoms in total. The van der Waals surface area contributed by atoms with Crippen molar-refractivity contribution >= 4 is 27.3 Å². The van der Waals surface area contributed by atoms with Crippen LogP contribution in [-0.4, -0.2) is 23.5 Å². The highest BCUT2D eigenvalue weighted by molar-refractivity contribution is 9.10. The second-order valence-corrected chi connectivity index (χ2v) is 6.55. The van der Waals surface area contributed by atoms with E-state index in [1.165, 1.54) is 10.9 Å². The summed E-state index contributed by atoms with van der Waals surface area (Å²) >= 11 is 4.99. The molecule has 1 heterocycles. The van der Waals surface area contributed by atoms with Gasteiger partial charge in [0.1, 0.15) is 5.82 Å².